The molecule has 1 nitrogen and oxygen atoms in total. The topological polar surface area (TPSA) is 9.23 Å². The van der Waals surface area contributed by atoms with Crippen LogP contribution in [0.25, 0.3) is 0 Å². The molecule has 0 spiro atoms. The van der Waals surface area contributed by atoms with Gasteiger partial charge in [-0.25, -0.2) is 0 Å². The highest BCUT2D eigenvalue weighted by molar-refractivity contribution is 7.17. The van der Waals surface area contributed by atoms with E-state index in [4.69, 9.17) is 4.74 Å². The molecular formula is C5H18OSi3. The minimum atomic E-state index is 0.694. The van der Waals surface area contributed by atoms with Crippen LogP contribution in [0.1, 0.15) is 19.3 Å². The fourth-order valence-electron chi connectivity index (χ4n) is 0.687. The molecule has 1 fully saturated rings. The molecule has 9 heavy (non-hydrogen) atoms. The molecule has 0 radical (unpaired) electrons. The summed E-state index contributed by atoms with van der Waals surface area (Å²) in [4.78, 5) is 0. The maximum atomic E-state index is 5.07. The number of ether oxygens (including phenoxy) is 1. The van der Waals surface area contributed by atoms with Crippen LogP contribution in [0, 0.1) is 0 Å². The van der Waals surface area contributed by atoms with E-state index in [-0.39, 0.29) is 0 Å². The van der Waals surface area contributed by atoms with Crippen molar-refractivity contribution in [3.63, 3.8) is 0 Å². The Morgan fingerprint density at radius 1 is 1.00 bits per heavy atom. The zero-order valence-electron chi connectivity index (χ0n) is 6.65. The zero-order chi connectivity index (χ0) is 6.95. The molecule has 0 bridgehead atoms. The fraction of sp³-hybridized carbons (Fsp3) is 1.00. The summed E-state index contributed by atoms with van der Waals surface area (Å²) in [7, 11) is 3.83. The number of rotatable bonds is 0. The van der Waals surface area contributed by atoms with Gasteiger partial charge in [0, 0.05) is 13.2 Å². The van der Waals surface area contributed by atoms with Gasteiger partial charge in [0.1, 0.15) is 0 Å². The summed E-state index contributed by atoms with van der Waals surface area (Å²) in [6.45, 7) is 2.00. The largest absolute Gasteiger partial charge is 0.381 e. The maximum Gasteiger partial charge on any atom is 0.0466 e. The summed E-state index contributed by atoms with van der Waals surface area (Å²) >= 11 is 0. The minimum absolute atomic E-state index is 0.694. The van der Waals surface area contributed by atoms with Gasteiger partial charge in [0.05, 0.1) is 0 Å². The third-order valence-corrected chi connectivity index (χ3v) is 1.08. The molecule has 0 aromatic rings. The molecule has 1 aliphatic rings. The number of hydrogen-bond donors (Lipinski definition) is 0. The Morgan fingerprint density at radius 2 is 1.44 bits per heavy atom. The van der Waals surface area contributed by atoms with Crippen LogP contribution in [0.5, 0.6) is 0 Å². The van der Waals surface area contributed by atoms with Crippen LogP contribution in [0.2, 0.25) is 0 Å². The lowest BCUT2D eigenvalue weighted by Gasteiger charge is -2.08. The van der Waals surface area contributed by atoms with Crippen LogP contribution >= 0.6 is 0 Å². The van der Waals surface area contributed by atoms with Crippen LogP contribution < -0.4 is 0 Å². The Balaban J connectivity index is 0.000000187. The van der Waals surface area contributed by atoms with Crippen molar-refractivity contribution in [2.45, 2.75) is 19.3 Å². The normalized spacial score (nSPS) is 20.0. The monoisotopic (exact) mass is 178 g/mol. The summed E-state index contributed by atoms with van der Waals surface area (Å²) in [6.07, 6.45) is 3.93. The fourth-order valence-corrected chi connectivity index (χ4v) is 0.687. The highest BCUT2D eigenvalue weighted by Crippen LogP contribution is 2.02. The molecule has 0 aliphatic carbocycles. The maximum absolute atomic E-state index is 5.07. The molecule has 4 heteroatoms. The predicted octanol–water partition coefficient (Wildman–Crippen LogP) is -2.10. The molecule has 0 aromatic carbocycles. The van der Waals surface area contributed by atoms with Crippen LogP contribution in [0.4, 0.5) is 0 Å². The Bertz CT molecular complexity index is 36.0. The Morgan fingerprint density at radius 3 is 1.56 bits per heavy atom. The lowest BCUT2D eigenvalue weighted by molar-refractivity contribution is 0.0968. The van der Waals surface area contributed by atoms with E-state index in [1.807, 2.05) is 0 Å². The van der Waals surface area contributed by atoms with E-state index in [9.17, 15) is 0 Å². The lowest BCUT2D eigenvalue weighted by Crippen LogP contribution is -2.03. The van der Waals surface area contributed by atoms with Crippen molar-refractivity contribution in [1.29, 1.82) is 0 Å². The van der Waals surface area contributed by atoms with Crippen LogP contribution in [-0.4, -0.2) is 41.3 Å². The van der Waals surface area contributed by atoms with E-state index in [1.165, 1.54) is 19.3 Å². The third kappa shape index (κ3) is 8.61. The summed E-state index contributed by atoms with van der Waals surface area (Å²) in [5.74, 6) is 0. The van der Waals surface area contributed by atoms with Crippen molar-refractivity contribution in [3.8, 4) is 0 Å². The van der Waals surface area contributed by atoms with E-state index < -0.39 is 0 Å². The van der Waals surface area contributed by atoms with Crippen LogP contribution in [-0.2, 0) is 4.74 Å². The Hall–Kier alpha value is 0.611. The molecule has 0 N–H and O–H groups in total. The molecule has 1 saturated heterocycles. The second-order valence-corrected chi connectivity index (χ2v) is 20.8. The van der Waals surface area contributed by atoms with Gasteiger partial charge in [-0.15, -0.1) is 0 Å². The third-order valence-electron chi connectivity index (χ3n) is 1.08. The molecule has 1 rings (SSSR count). The molecule has 1 aliphatic heterocycles. The highest BCUT2D eigenvalue weighted by atomic mass is 29.5. The summed E-state index contributed by atoms with van der Waals surface area (Å²) in [5, 5.41) is 0. The van der Waals surface area contributed by atoms with E-state index in [0.717, 1.165) is 13.2 Å². The Kier molecular flexibility index (Phi) is 9.19. The van der Waals surface area contributed by atoms with Crippen molar-refractivity contribution < 1.29 is 4.74 Å². The Labute approximate surface area is 65.8 Å². The summed E-state index contributed by atoms with van der Waals surface area (Å²) < 4.78 is 5.07. The quantitative estimate of drug-likeness (QED) is 0.386. The molecule has 0 atom stereocenters. The van der Waals surface area contributed by atoms with Crippen molar-refractivity contribution >= 4 is 28.1 Å². The van der Waals surface area contributed by atoms with Gasteiger partial charge in [-0.2, -0.15) is 0 Å². The van der Waals surface area contributed by atoms with Gasteiger partial charge in [-0.05, 0) is 47.3 Å². The van der Waals surface area contributed by atoms with Crippen LogP contribution in [0.3, 0.4) is 0 Å². The van der Waals surface area contributed by atoms with Gasteiger partial charge in [0.15, 0.2) is 0 Å². The van der Waals surface area contributed by atoms with Gasteiger partial charge in [0.25, 0.3) is 0 Å². The second kappa shape index (κ2) is 8.61. The first-order chi connectivity index (χ1) is 4.41. The first-order valence-electron chi connectivity index (χ1n) is 3.99. The SMILES string of the molecule is C1CCOCC1.[SiH3][SiH2][SiH3]. The smallest absolute Gasteiger partial charge is 0.0466 e. The molecule has 0 aromatic heterocycles. The van der Waals surface area contributed by atoms with Gasteiger partial charge >= 0.3 is 0 Å². The molecule has 56 valence electrons. The van der Waals surface area contributed by atoms with E-state index >= 15 is 0 Å². The molecule has 0 amide bonds. The first kappa shape index (κ1) is 9.61. The van der Waals surface area contributed by atoms with E-state index in [2.05, 4.69) is 0 Å². The van der Waals surface area contributed by atoms with Gasteiger partial charge in [-0.3, -0.25) is 0 Å². The molecule has 0 saturated carbocycles. The van der Waals surface area contributed by atoms with Gasteiger partial charge in [0.2, 0.25) is 0 Å². The minimum Gasteiger partial charge on any atom is -0.381 e. The number of hydrogen-bond acceptors (Lipinski definition) is 1. The second-order valence-electron chi connectivity index (χ2n) is 2.38. The molecule has 0 unspecified atom stereocenters. The van der Waals surface area contributed by atoms with Crippen molar-refractivity contribution in [3.05, 3.63) is 0 Å². The lowest BCUT2D eigenvalue weighted by atomic mass is 10.2. The standard InChI is InChI=1S/C5H10O.H8Si3/c1-2-4-6-5-3-1;1-3-2/h1-5H2;3H2,1-2H3. The summed E-state index contributed by atoms with van der Waals surface area (Å²) in [5.41, 5.74) is 0. The van der Waals surface area contributed by atoms with Gasteiger partial charge < -0.3 is 4.74 Å². The van der Waals surface area contributed by atoms with Crippen molar-refractivity contribution in [2.24, 2.45) is 0 Å². The van der Waals surface area contributed by atoms with Gasteiger partial charge in [-0.1, -0.05) is 0 Å². The zero-order valence-corrected chi connectivity index (χ0v) is 12.1. The first-order valence-corrected chi connectivity index (χ1v) is 15.3. The van der Waals surface area contributed by atoms with E-state index in [0.29, 0.717) is 8.55 Å². The average molecular weight is 178 g/mol. The summed E-state index contributed by atoms with van der Waals surface area (Å²) in [6, 6.07) is 0. The van der Waals surface area contributed by atoms with Crippen molar-refractivity contribution in [1.82, 2.24) is 0 Å². The highest BCUT2D eigenvalue weighted by Gasteiger charge is 1.94. The van der Waals surface area contributed by atoms with Crippen molar-refractivity contribution in [2.75, 3.05) is 13.2 Å². The van der Waals surface area contributed by atoms with E-state index in [1.54, 1.807) is 19.5 Å². The van der Waals surface area contributed by atoms with Crippen LogP contribution in [0.15, 0.2) is 0 Å². The average Bonchev–Trinajstić information content (AvgIpc) is 1.93. The molecule has 1 heterocycles. The molecular weight excluding hydrogens is 160 g/mol. The predicted molar refractivity (Wildman–Crippen MR) is 53.1 cm³/mol.